The average molecular weight is 266 g/mol. The number of carbonyl (C=O) groups is 2. The van der Waals surface area contributed by atoms with Crippen LogP contribution in [0.5, 0.6) is 0 Å². The number of esters is 1. The van der Waals surface area contributed by atoms with Crippen LogP contribution in [0.25, 0.3) is 0 Å². The Balaban J connectivity index is 1.89. The van der Waals surface area contributed by atoms with Gasteiger partial charge in [0.2, 0.25) is 0 Å². The molecule has 0 spiro atoms. The van der Waals surface area contributed by atoms with E-state index in [1.807, 2.05) is 0 Å². The largest absolute Gasteiger partial charge is 0.466 e. The van der Waals surface area contributed by atoms with Gasteiger partial charge in [-0.2, -0.15) is 9.90 Å². The van der Waals surface area contributed by atoms with Crippen LogP contribution >= 0.6 is 0 Å². The predicted octanol–water partition coefficient (Wildman–Crippen LogP) is 0.230. The van der Waals surface area contributed by atoms with Gasteiger partial charge in [0.05, 0.1) is 18.7 Å². The molecule has 0 atom stereocenters. The number of ether oxygens (including phenoxy) is 1. The van der Waals surface area contributed by atoms with E-state index in [-0.39, 0.29) is 17.8 Å². The molecule has 1 aromatic heterocycles. The summed E-state index contributed by atoms with van der Waals surface area (Å²) < 4.78 is 5.00. The Kier molecular flexibility index (Phi) is 4.13. The van der Waals surface area contributed by atoms with Gasteiger partial charge in [-0.25, -0.2) is 0 Å². The molecule has 0 radical (unpaired) electrons. The van der Waals surface area contributed by atoms with E-state index >= 15 is 0 Å². The van der Waals surface area contributed by atoms with Crippen molar-refractivity contribution < 1.29 is 14.3 Å². The summed E-state index contributed by atoms with van der Waals surface area (Å²) in [5.41, 5.74) is 0.345. The van der Waals surface area contributed by atoms with Crippen molar-refractivity contribution in [2.75, 3.05) is 19.7 Å². The van der Waals surface area contributed by atoms with E-state index in [1.54, 1.807) is 18.9 Å². The molecular weight excluding hydrogens is 248 g/mol. The normalized spacial score (nSPS) is 16.4. The van der Waals surface area contributed by atoms with Crippen molar-refractivity contribution in [1.29, 1.82) is 0 Å². The zero-order chi connectivity index (χ0) is 13.8. The smallest absolute Gasteiger partial charge is 0.309 e. The first-order valence-corrected chi connectivity index (χ1v) is 6.44. The molecule has 7 nitrogen and oxygen atoms in total. The van der Waals surface area contributed by atoms with Crippen molar-refractivity contribution in [1.82, 2.24) is 19.9 Å². The molecular formula is C12H18N4O3. The Morgan fingerprint density at radius 3 is 2.63 bits per heavy atom. The highest BCUT2D eigenvalue weighted by Gasteiger charge is 2.29. The number of aromatic nitrogens is 3. The van der Waals surface area contributed by atoms with Crippen LogP contribution in [0.15, 0.2) is 6.20 Å². The Bertz CT molecular complexity index is 463. The summed E-state index contributed by atoms with van der Waals surface area (Å²) in [5, 5.41) is 7.88. The molecule has 0 aliphatic carbocycles. The summed E-state index contributed by atoms with van der Waals surface area (Å²) in [7, 11) is 1.67. The van der Waals surface area contributed by atoms with Crippen LogP contribution in [0, 0.1) is 5.92 Å². The van der Waals surface area contributed by atoms with Crippen LogP contribution in [0.3, 0.4) is 0 Å². The van der Waals surface area contributed by atoms with Crippen molar-refractivity contribution in [3.05, 3.63) is 11.9 Å². The Morgan fingerprint density at radius 2 is 2.11 bits per heavy atom. The first-order valence-electron chi connectivity index (χ1n) is 6.44. The highest BCUT2D eigenvalue weighted by atomic mass is 16.5. The van der Waals surface area contributed by atoms with E-state index in [0.29, 0.717) is 38.2 Å². The zero-order valence-electron chi connectivity index (χ0n) is 11.2. The summed E-state index contributed by atoms with van der Waals surface area (Å²) in [6.07, 6.45) is 2.75. The van der Waals surface area contributed by atoms with Gasteiger partial charge in [0.1, 0.15) is 0 Å². The van der Waals surface area contributed by atoms with Gasteiger partial charge in [0, 0.05) is 20.1 Å². The molecule has 0 N–H and O–H groups in total. The molecule has 0 bridgehead atoms. The summed E-state index contributed by atoms with van der Waals surface area (Å²) in [6, 6.07) is 0. The number of piperidine rings is 1. The third-order valence-electron chi connectivity index (χ3n) is 3.22. The molecule has 1 aromatic rings. The van der Waals surface area contributed by atoms with E-state index < -0.39 is 0 Å². The SMILES string of the molecule is CCOC(=O)C1CCN(C(=O)c2cnn(C)n2)CC1. The Morgan fingerprint density at radius 1 is 1.42 bits per heavy atom. The molecule has 1 aliphatic rings. The lowest BCUT2D eigenvalue weighted by Crippen LogP contribution is -2.40. The molecule has 0 unspecified atom stereocenters. The number of likely N-dealkylation sites (tertiary alicyclic amines) is 1. The summed E-state index contributed by atoms with van der Waals surface area (Å²) in [5.74, 6) is -0.379. The second-order valence-electron chi connectivity index (χ2n) is 4.54. The summed E-state index contributed by atoms with van der Waals surface area (Å²) in [6.45, 7) is 3.31. The number of hydrogen-bond donors (Lipinski definition) is 0. The quantitative estimate of drug-likeness (QED) is 0.732. The Labute approximate surface area is 111 Å². The number of carbonyl (C=O) groups excluding carboxylic acids is 2. The molecule has 1 saturated heterocycles. The second-order valence-corrected chi connectivity index (χ2v) is 4.54. The van der Waals surface area contributed by atoms with Crippen LogP contribution in [-0.4, -0.2) is 51.5 Å². The fourth-order valence-electron chi connectivity index (χ4n) is 2.18. The summed E-state index contributed by atoms with van der Waals surface area (Å²) in [4.78, 5) is 26.8. The van der Waals surface area contributed by atoms with Gasteiger partial charge in [0.25, 0.3) is 5.91 Å². The highest BCUT2D eigenvalue weighted by Crippen LogP contribution is 2.19. The van der Waals surface area contributed by atoms with Crippen LogP contribution in [0.4, 0.5) is 0 Å². The molecule has 1 fully saturated rings. The molecule has 7 heteroatoms. The summed E-state index contributed by atoms with van der Waals surface area (Å²) >= 11 is 0. The third-order valence-corrected chi connectivity index (χ3v) is 3.22. The van der Waals surface area contributed by atoms with Crippen molar-refractivity contribution in [2.45, 2.75) is 19.8 Å². The number of nitrogens with zero attached hydrogens (tertiary/aromatic N) is 4. The molecule has 1 aliphatic heterocycles. The van der Waals surface area contributed by atoms with Gasteiger partial charge < -0.3 is 9.64 Å². The first kappa shape index (κ1) is 13.5. The standard InChI is InChI=1S/C12H18N4O3/c1-3-19-12(18)9-4-6-16(7-5-9)11(17)10-8-13-15(2)14-10/h8-9H,3-7H2,1-2H3. The van der Waals surface area contributed by atoms with E-state index in [0.717, 1.165) is 0 Å². The fourth-order valence-corrected chi connectivity index (χ4v) is 2.18. The van der Waals surface area contributed by atoms with Gasteiger partial charge in [-0.05, 0) is 19.8 Å². The van der Waals surface area contributed by atoms with Crippen molar-refractivity contribution in [3.63, 3.8) is 0 Å². The lowest BCUT2D eigenvalue weighted by atomic mass is 9.97. The maximum atomic E-state index is 12.1. The third kappa shape index (κ3) is 3.10. The first-order chi connectivity index (χ1) is 9.11. The van der Waals surface area contributed by atoms with E-state index in [4.69, 9.17) is 4.74 Å². The number of hydrogen-bond acceptors (Lipinski definition) is 5. The predicted molar refractivity (Wildman–Crippen MR) is 66.3 cm³/mol. The van der Waals surface area contributed by atoms with Gasteiger partial charge in [-0.3, -0.25) is 9.59 Å². The van der Waals surface area contributed by atoms with E-state index in [1.165, 1.54) is 11.0 Å². The van der Waals surface area contributed by atoms with Crippen LogP contribution in [-0.2, 0) is 16.6 Å². The maximum Gasteiger partial charge on any atom is 0.309 e. The van der Waals surface area contributed by atoms with E-state index in [2.05, 4.69) is 10.2 Å². The minimum atomic E-state index is -0.158. The maximum absolute atomic E-state index is 12.1. The minimum Gasteiger partial charge on any atom is -0.466 e. The lowest BCUT2D eigenvalue weighted by Gasteiger charge is -2.30. The van der Waals surface area contributed by atoms with Crippen molar-refractivity contribution in [3.8, 4) is 0 Å². The van der Waals surface area contributed by atoms with Crippen molar-refractivity contribution in [2.24, 2.45) is 13.0 Å². The molecule has 2 rings (SSSR count). The average Bonchev–Trinajstić information content (AvgIpc) is 2.85. The number of rotatable bonds is 3. The molecule has 19 heavy (non-hydrogen) atoms. The Hall–Kier alpha value is -1.92. The lowest BCUT2D eigenvalue weighted by molar-refractivity contribution is -0.149. The zero-order valence-corrected chi connectivity index (χ0v) is 11.2. The fraction of sp³-hybridized carbons (Fsp3) is 0.667. The molecule has 0 saturated carbocycles. The number of aryl methyl sites for hydroxylation is 1. The van der Waals surface area contributed by atoms with Gasteiger partial charge in [0.15, 0.2) is 5.69 Å². The van der Waals surface area contributed by atoms with Crippen LogP contribution < -0.4 is 0 Å². The number of amides is 1. The topological polar surface area (TPSA) is 77.3 Å². The van der Waals surface area contributed by atoms with Crippen molar-refractivity contribution >= 4 is 11.9 Å². The molecule has 104 valence electrons. The monoisotopic (exact) mass is 266 g/mol. The molecule has 0 aromatic carbocycles. The van der Waals surface area contributed by atoms with Gasteiger partial charge in [-0.15, -0.1) is 5.10 Å². The second kappa shape index (κ2) is 5.81. The highest BCUT2D eigenvalue weighted by molar-refractivity contribution is 5.92. The van der Waals surface area contributed by atoms with Gasteiger partial charge >= 0.3 is 5.97 Å². The minimum absolute atomic E-state index is 0.0918. The molecule has 2 heterocycles. The van der Waals surface area contributed by atoms with Crippen LogP contribution in [0.2, 0.25) is 0 Å². The molecule has 1 amide bonds. The van der Waals surface area contributed by atoms with E-state index in [9.17, 15) is 9.59 Å². The van der Waals surface area contributed by atoms with Gasteiger partial charge in [-0.1, -0.05) is 0 Å². The van der Waals surface area contributed by atoms with Crippen LogP contribution in [0.1, 0.15) is 30.3 Å².